The Balaban J connectivity index is 2.03. The molecule has 0 fully saturated rings. The SMILES string of the molecule is O=C(O)c1c(Cc2cccc(Cl)c2F)n(C(CO)Cc2ccccc2)c2ccccc2c1=O. The van der Waals surface area contributed by atoms with Gasteiger partial charge in [-0.1, -0.05) is 66.2 Å². The van der Waals surface area contributed by atoms with Crippen LogP contribution in [0, 0.1) is 5.82 Å². The maximum Gasteiger partial charge on any atom is 0.341 e. The Hall–Kier alpha value is -3.48. The number of benzene rings is 3. The number of hydrogen-bond donors (Lipinski definition) is 2. The van der Waals surface area contributed by atoms with Crippen molar-refractivity contribution in [1.29, 1.82) is 0 Å². The molecule has 33 heavy (non-hydrogen) atoms. The van der Waals surface area contributed by atoms with E-state index in [9.17, 15) is 24.2 Å². The highest BCUT2D eigenvalue weighted by molar-refractivity contribution is 6.30. The zero-order chi connectivity index (χ0) is 23.5. The molecule has 0 saturated carbocycles. The monoisotopic (exact) mass is 465 g/mol. The number of hydrogen-bond acceptors (Lipinski definition) is 3. The second-order valence-corrected chi connectivity index (χ2v) is 8.17. The lowest BCUT2D eigenvalue weighted by Crippen LogP contribution is -2.29. The number of aliphatic hydroxyl groups excluding tert-OH is 1. The summed E-state index contributed by atoms with van der Waals surface area (Å²) in [5.41, 5.74) is 0.575. The Morgan fingerprint density at radius 3 is 2.39 bits per heavy atom. The third-order valence-corrected chi connectivity index (χ3v) is 6.00. The number of fused-ring (bicyclic) bond motifs is 1. The maximum atomic E-state index is 14.8. The minimum atomic E-state index is -1.41. The van der Waals surface area contributed by atoms with Crippen LogP contribution in [-0.4, -0.2) is 27.4 Å². The number of nitrogens with zero attached hydrogens (tertiary/aromatic N) is 1. The molecule has 2 N–H and O–H groups in total. The summed E-state index contributed by atoms with van der Waals surface area (Å²) in [5, 5.41) is 20.5. The lowest BCUT2D eigenvalue weighted by molar-refractivity contribution is 0.0693. The van der Waals surface area contributed by atoms with Gasteiger partial charge in [-0.15, -0.1) is 0 Å². The summed E-state index contributed by atoms with van der Waals surface area (Å²) >= 11 is 5.95. The van der Waals surface area contributed by atoms with Crippen molar-refractivity contribution in [2.45, 2.75) is 18.9 Å². The molecule has 168 valence electrons. The van der Waals surface area contributed by atoms with E-state index < -0.39 is 28.8 Å². The van der Waals surface area contributed by atoms with Gasteiger partial charge in [-0.25, -0.2) is 9.18 Å². The number of aliphatic hydroxyl groups is 1. The van der Waals surface area contributed by atoms with E-state index >= 15 is 0 Å². The van der Waals surface area contributed by atoms with E-state index in [0.717, 1.165) is 5.56 Å². The highest BCUT2D eigenvalue weighted by Crippen LogP contribution is 2.28. The van der Waals surface area contributed by atoms with Crippen molar-refractivity contribution in [1.82, 2.24) is 4.57 Å². The van der Waals surface area contributed by atoms with Gasteiger partial charge in [-0.05, 0) is 35.7 Å². The topological polar surface area (TPSA) is 79.5 Å². The second-order valence-electron chi connectivity index (χ2n) is 7.76. The van der Waals surface area contributed by atoms with Crippen molar-refractivity contribution in [2.24, 2.45) is 0 Å². The molecule has 4 aromatic rings. The predicted molar refractivity (Wildman–Crippen MR) is 126 cm³/mol. The van der Waals surface area contributed by atoms with Gasteiger partial charge >= 0.3 is 5.97 Å². The first-order valence-electron chi connectivity index (χ1n) is 10.4. The molecule has 1 aromatic heterocycles. The fourth-order valence-corrected chi connectivity index (χ4v) is 4.40. The lowest BCUT2D eigenvalue weighted by atomic mass is 9.98. The van der Waals surface area contributed by atoms with Crippen LogP contribution in [0.3, 0.4) is 0 Å². The summed E-state index contributed by atoms with van der Waals surface area (Å²) in [6.07, 6.45) is 0.202. The van der Waals surface area contributed by atoms with Gasteiger partial charge in [0.05, 0.1) is 23.2 Å². The Kier molecular flexibility index (Phi) is 6.58. The summed E-state index contributed by atoms with van der Waals surface area (Å²) < 4.78 is 16.4. The van der Waals surface area contributed by atoms with Crippen molar-refractivity contribution in [3.63, 3.8) is 0 Å². The van der Waals surface area contributed by atoms with Crippen LogP contribution >= 0.6 is 11.6 Å². The average molecular weight is 466 g/mol. The number of aromatic nitrogens is 1. The second kappa shape index (κ2) is 9.57. The van der Waals surface area contributed by atoms with Crippen LogP contribution in [0.15, 0.2) is 77.6 Å². The molecule has 0 amide bonds. The standard InChI is InChI=1S/C26H21ClFNO4/c27-20-11-6-9-17(24(20)28)14-22-23(26(32)33)25(31)19-10-4-5-12-21(19)29(22)18(15-30)13-16-7-2-1-3-8-16/h1-12,18,30H,13-15H2,(H,32,33). The fourth-order valence-electron chi connectivity index (χ4n) is 4.21. The number of para-hydroxylation sites is 1. The zero-order valence-corrected chi connectivity index (χ0v) is 18.3. The van der Waals surface area contributed by atoms with Gasteiger partial charge in [-0.3, -0.25) is 4.79 Å². The first-order chi connectivity index (χ1) is 15.9. The number of carbonyl (C=O) groups is 1. The third-order valence-electron chi connectivity index (χ3n) is 5.71. The molecular weight excluding hydrogens is 445 g/mol. The number of carboxylic acid groups (broad SMARTS) is 1. The number of halogens is 2. The molecule has 1 atom stereocenters. The summed E-state index contributed by atoms with van der Waals surface area (Å²) in [4.78, 5) is 25.4. The van der Waals surface area contributed by atoms with Gasteiger partial charge < -0.3 is 14.8 Å². The number of pyridine rings is 1. The minimum Gasteiger partial charge on any atom is -0.477 e. The minimum absolute atomic E-state index is 0.0953. The van der Waals surface area contributed by atoms with Crippen molar-refractivity contribution in [3.05, 3.63) is 116 Å². The Morgan fingerprint density at radius 1 is 1.00 bits per heavy atom. The first kappa shape index (κ1) is 22.7. The number of aromatic carboxylic acids is 1. The quantitative estimate of drug-likeness (QED) is 0.408. The van der Waals surface area contributed by atoms with Gasteiger partial charge in [0.25, 0.3) is 0 Å². The van der Waals surface area contributed by atoms with E-state index in [0.29, 0.717) is 11.9 Å². The predicted octanol–water partition coefficient (Wildman–Crippen LogP) is 4.86. The van der Waals surface area contributed by atoms with E-state index in [2.05, 4.69) is 0 Å². The maximum absolute atomic E-state index is 14.8. The number of carboxylic acids is 1. The largest absolute Gasteiger partial charge is 0.477 e. The molecule has 7 heteroatoms. The molecule has 0 saturated heterocycles. The van der Waals surface area contributed by atoms with Gasteiger partial charge in [-0.2, -0.15) is 0 Å². The Morgan fingerprint density at radius 2 is 1.70 bits per heavy atom. The van der Waals surface area contributed by atoms with Gasteiger partial charge in [0.1, 0.15) is 11.4 Å². The third kappa shape index (κ3) is 4.40. The molecule has 1 unspecified atom stereocenters. The van der Waals surface area contributed by atoms with Crippen LogP contribution in [0.5, 0.6) is 0 Å². The summed E-state index contributed by atoms with van der Waals surface area (Å²) in [6.45, 7) is -0.314. The van der Waals surface area contributed by atoms with E-state index in [4.69, 9.17) is 11.6 Å². The van der Waals surface area contributed by atoms with Gasteiger partial charge in [0.2, 0.25) is 5.43 Å². The molecule has 4 rings (SSSR count). The molecule has 0 radical (unpaired) electrons. The molecular formula is C26H21ClFNO4. The molecule has 1 heterocycles. The summed E-state index contributed by atoms with van der Waals surface area (Å²) in [5.74, 6) is -2.08. The summed E-state index contributed by atoms with van der Waals surface area (Å²) in [6, 6.07) is 20.0. The van der Waals surface area contributed by atoms with Crippen LogP contribution in [0.1, 0.15) is 33.2 Å². The van der Waals surface area contributed by atoms with E-state index in [1.165, 1.54) is 12.1 Å². The van der Waals surface area contributed by atoms with Crippen LogP contribution in [0.2, 0.25) is 5.02 Å². The van der Waals surface area contributed by atoms with E-state index in [-0.39, 0.29) is 34.7 Å². The molecule has 0 aliphatic rings. The molecule has 0 aliphatic heterocycles. The zero-order valence-electron chi connectivity index (χ0n) is 17.5. The van der Waals surface area contributed by atoms with Crippen molar-refractivity contribution in [3.8, 4) is 0 Å². The Bertz CT molecular complexity index is 1380. The molecule has 5 nitrogen and oxygen atoms in total. The average Bonchev–Trinajstić information content (AvgIpc) is 2.81. The van der Waals surface area contributed by atoms with E-state index in [1.807, 2.05) is 30.3 Å². The van der Waals surface area contributed by atoms with Crippen molar-refractivity contribution < 1.29 is 19.4 Å². The van der Waals surface area contributed by atoms with Gasteiger partial charge in [0.15, 0.2) is 0 Å². The normalized spacial score (nSPS) is 12.1. The molecule has 0 spiro atoms. The lowest BCUT2D eigenvalue weighted by Gasteiger charge is -2.26. The van der Waals surface area contributed by atoms with Crippen molar-refractivity contribution >= 4 is 28.5 Å². The summed E-state index contributed by atoms with van der Waals surface area (Å²) in [7, 11) is 0. The highest BCUT2D eigenvalue weighted by atomic mass is 35.5. The smallest absolute Gasteiger partial charge is 0.341 e. The van der Waals surface area contributed by atoms with Crippen LogP contribution in [-0.2, 0) is 12.8 Å². The molecule has 3 aromatic carbocycles. The van der Waals surface area contributed by atoms with Crippen LogP contribution in [0.4, 0.5) is 4.39 Å². The van der Waals surface area contributed by atoms with Crippen LogP contribution < -0.4 is 5.43 Å². The Labute approximate surface area is 194 Å². The van der Waals surface area contributed by atoms with Crippen molar-refractivity contribution in [2.75, 3.05) is 6.61 Å². The van der Waals surface area contributed by atoms with Gasteiger partial charge in [0, 0.05) is 17.5 Å². The number of rotatable bonds is 7. The fraction of sp³-hybridized carbons (Fsp3) is 0.154. The highest BCUT2D eigenvalue weighted by Gasteiger charge is 2.26. The van der Waals surface area contributed by atoms with Crippen LogP contribution in [0.25, 0.3) is 10.9 Å². The molecule has 0 bridgehead atoms. The van der Waals surface area contributed by atoms with E-state index in [1.54, 1.807) is 34.9 Å². The molecule has 0 aliphatic carbocycles. The first-order valence-corrected chi connectivity index (χ1v) is 10.8.